The molecule has 4 N–H and O–H groups in total. The van der Waals surface area contributed by atoms with Crippen LogP contribution in [0.15, 0.2) is 18.2 Å². The van der Waals surface area contributed by atoms with Crippen molar-refractivity contribution >= 4 is 34.2 Å². The maximum Gasteiger partial charge on any atom is 0.407 e. The van der Waals surface area contributed by atoms with E-state index in [0.717, 1.165) is 24.4 Å². The van der Waals surface area contributed by atoms with Gasteiger partial charge in [-0.3, -0.25) is 4.79 Å². The summed E-state index contributed by atoms with van der Waals surface area (Å²) in [5.41, 5.74) is 6.97. The first-order valence-corrected chi connectivity index (χ1v) is 9.55. The molecule has 1 aromatic carbocycles. The Balaban J connectivity index is 1.65. The van der Waals surface area contributed by atoms with Crippen molar-refractivity contribution in [3.63, 3.8) is 0 Å². The van der Waals surface area contributed by atoms with Gasteiger partial charge in [-0.05, 0) is 43.4 Å². The van der Waals surface area contributed by atoms with Crippen molar-refractivity contribution in [1.82, 2.24) is 9.27 Å². The number of nitrogens with zero attached hydrogens (tertiary/aromatic N) is 2. The van der Waals surface area contributed by atoms with E-state index in [2.05, 4.69) is 9.69 Å². The number of anilines is 2. The van der Waals surface area contributed by atoms with Crippen LogP contribution in [0, 0.1) is 18.7 Å². The van der Waals surface area contributed by atoms with Gasteiger partial charge in [0.05, 0.1) is 17.9 Å². The first-order valence-electron chi connectivity index (χ1n) is 8.78. The standard InChI is InChI=1S/C18H21FN4O4S/c1-10-15(16(20)28-22-10)17(24)21-12-4-5-13(19)14(7-12)27-9-11-3-2-6-23(8-11)18(25)26/h4-5,7,11H,2-3,6,8-9,20H2,1H3,(H,21,24)(H,25,26)/t11-/m0/s1. The minimum absolute atomic E-state index is 0.00149. The van der Waals surface area contributed by atoms with E-state index in [0.29, 0.717) is 35.0 Å². The fraction of sp³-hybridized carbons (Fsp3) is 0.389. The molecule has 150 valence electrons. The van der Waals surface area contributed by atoms with Gasteiger partial charge in [0, 0.05) is 30.8 Å². The number of nitrogens with two attached hydrogens (primary N) is 1. The van der Waals surface area contributed by atoms with Gasteiger partial charge < -0.3 is 25.8 Å². The molecule has 28 heavy (non-hydrogen) atoms. The summed E-state index contributed by atoms with van der Waals surface area (Å²) in [4.78, 5) is 24.8. The molecule has 1 atom stereocenters. The third kappa shape index (κ3) is 4.50. The van der Waals surface area contributed by atoms with Crippen molar-refractivity contribution in [3.8, 4) is 5.75 Å². The highest BCUT2D eigenvalue weighted by Gasteiger charge is 2.24. The van der Waals surface area contributed by atoms with Gasteiger partial charge in [-0.15, -0.1) is 0 Å². The minimum atomic E-state index is -0.960. The lowest BCUT2D eigenvalue weighted by molar-refractivity contribution is 0.102. The molecule has 0 bridgehead atoms. The summed E-state index contributed by atoms with van der Waals surface area (Å²) in [6.45, 7) is 2.74. The Labute approximate surface area is 165 Å². The van der Waals surface area contributed by atoms with Crippen LogP contribution in [-0.4, -0.2) is 46.1 Å². The molecule has 3 rings (SSSR count). The lowest BCUT2D eigenvalue weighted by atomic mass is 9.99. The molecular formula is C18H21FN4O4S. The molecule has 0 spiro atoms. The predicted molar refractivity (Wildman–Crippen MR) is 103 cm³/mol. The van der Waals surface area contributed by atoms with E-state index in [-0.39, 0.29) is 18.3 Å². The average Bonchev–Trinajstić information content (AvgIpc) is 3.00. The van der Waals surface area contributed by atoms with Crippen molar-refractivity contribution in [2.75, 3.05) is 30.7 Å². The van der Waals surface area contributed by atoms with E-state index < -0.39 is 17.8 Å². The number of piperidine rings is 1. The SMILES string of the molecule is Cc1nsc(N)c1C(=O)Nc1ccc(F)c(OC[C@H]2CCCN(C(=O)O)C2)c1. The number of hydrogen-bond acceptors (Lipinski definition) is 6. The Morgan fingerprint density at radius 3 is 2.96 bits per heavy atom. The van der Waals surface area contributed by atoms with Crippen molar-refractivity contribution < 1.29 is 23.8 Å². The first kappa shape index (κ1) is 19.9. The molecule has 0 aliphatic carbocycles. The number of aromatic nitrogens is 1. The zero-order valence-corrected chi connectivity index (χ0v) is 16.1. The Morgan fingerprint density at radius 1 is 1.50 bits per heavy atom. The molecule has 0 radical (unpaired) electrons. The van der Waals surface area contributed by atoms with E-state index in [9.17, 15) is 14.0 Å². The van der Waals surface area contributed by atoms with Crippen molar-refractivity contribution in [2.45, 2.75) is 19.8 Å². The fourth-order valence-electron chi connectivity index (χ4n) is 3.13. The molecule has 1 aromatic heterocycles. The van der Waals surface area contributed by atoms with Crippen LogP contribution in [0.4, 0.5) is 19.9 Å². The van der Waals surface area contributed by atoms with Crippen LogP contribution in [0.1, 0.15) is 28.9 Å². The van der Waals surface area contributed by atoms with Crippen LogP contribution in [0.25, 0.3) is 0 Å². The highest BCUT2D eigenvalue weighted by atomic mass is 32.1. The zero-order chi connectivity index (χ0) is 20.3. The number of aryl methyl sites for hydroxylation is 1. The topological polar surface area (TPSA) is 118 Å². The van der Waals surface area contributed by atoms with Gasteiger partial charge >= 0.3 is 6.09 Å². The number of nitrogen functional groups attached to an aromatic ring is 1. The van der Waals surface area contributed by atoms with Gasteiger partial charge in [-0.25, -0.2) is 9.18 Å². The second-order valence-corrected chi connectivity index (χ2v) is 7.46. The summed E-state index contributed by atoms with van der Waals surface area (Å²) in [5.74, 6) is -0.998. The summed E-state index contributed by atoms with van der Waals surface area (Å²) in [5, 5.41) is 12.1. The molecule has 10 heteroatoms. The van der Waals surface area contributed by atoms with Gasteiger partial charge in [0.1, 0.15) is 5.00 Å². The summed E-state index contributed by atoms with van der Waals surface area (Å²) in [7, 11) is 0. The number of benzene rings is 1. The summed E-state index contributed by atoms with van der Waals surface area (Å²) in [6.07, 6.45) is 0.595. The summed E-state index contributed by atoms with van der Waals surface area (Å²) >= 11 is 1.04. The average molecular weight is 408 g/mol. The Morgan fingerprint density at radius 2 is 2.29 bits per heavy atom. The highest BCUT2D eigenvalue weighted by Crippen LogP contribution is 2.26. The fourth-order valence-corrected chi connectivity index (χ4v) is 3.79. The number of hydrogen-bond donors (Lipinski definition) is 3. The molecule has 8 nitrogen and oxygen atoms in total. The molecule has 1 fully saturated rings. The molecule has 1 aliphatic heterocycles. The maximum absolute atomic E-state index is 14.1. The van der Waals surface area contributed by atoms with Crippen molar-refractivity contribution in [1.29, 1.82) is 0 Å². The number of carboxylic acid groups (broad SMARTS) is 1. The van der Waals surface area contributed by atoms with Crippen molar-refractivity contribution in [3.05, 3.63) is 35.3 Å². The molecule has 0 saturated carbocycles. The number of halogens is 1. The molecule has 2 heterocycles. The first-order chi connectivity index (χ1) is 13.3. The van der Waals surface area contributed by atoms with Gasteiger partial charge in [0.25, 0.3) is 5.91 Å². The molecule has 1 aliphatic rings. The monoisotopic (exact) mass is 408 g/mol. The molecule has 2 aromatic rings. The largest absolute Gasteiger partial charge is 0.490 e. The van der Waals surface area contributed by atoms with E-state index in [1.807, 2.05) is 0 Å². The number of likely N-dealkylation sites (tertiary alicyclic amines) is 1. The van der Waals surface area contributed by atoms with Crippen LogP contribution in [0.2, 0.25) is 0 Å². The quantitative estimate of drug-likeness (QED) is 0.699. The van der Waals surface area contributed by atoms with E-state index in [1.165, 1.54) is 23.1 Å². The van der Waals surface area contributed by atoms with Gasteiger partial charge in [0.15, 0.2) is 11.6 Å². The number of amides is 2. The van der Waals surface area contributed by atoms with Crippen LogP contribution >= 0.6 is 11.5 Å². The molecule has 2 amide bonds. The smallest absolute Gasteiger partial charge is 0.407 e. The normalized spacial score (nSPS) is 16.6. The second-order valence-electron chi connectivity index (χ2n) is 6.65. The maximum atomic E-state index is 14.1. The third-order valence-corrected chi connectivity index (χ3v) is 5.34. The molecular weight excluding hydrogens is 387 g/mol. The minimum Gasteiger partial charge on any atom is -0.490 e. The summed E-state index contributed by atoms with van der Waals surface area (Å²) < 4.78 is 23.7. The van der Waals surface area contributed by atoms with E-state index >= 15 is 0 Å². The van der Waals surface area contributed by atoms with Gasteiger partial charge in [-0.1, -0.05) is 0 Å². The number of ether oxygens (including phenoxy) is 1. The van der Waals surface area contributed by atoms with E-state index in [1.54, 1.807) is 6.92 Å². The summed E-state index contributed by atoms with van der Waals surface area (Å²) in [6, 6.07) is 4.03. The number of rotatable bonds is 5. The predicted octanol–water partition coefficient (Wildman–Crippen LogP) is 3.19. The zero-order valence-electron chi connectivity index (χ0n) is 15.3. The molecule has 1 saturated heterocycles. The Kier molecular flexibility index (Phi) is 5.98. The van der Waals surface area contributed by atoms with E-state index in [4.69, 9.17) is 15.6 Å². The second kappa shape index (κ2) is 8.42. The van der Waals surface area contributed by atoms with Crippen LogP contribution < -0.4 is 15.8 Å². The number of carbonyl (C=O) groups excluding carboxylic acids is 1. The van der Waals surface area contributed by atoms with Crippen LogP contribution in [0.5, 0.6) is 5.75 Å². The Hall–Kier alpha value is -2.88. The highest BCUT2D eigenvalue weighted by molar-refractivity contribution is 7.10. The van der Waals surface area contributed by atoms with Gasteiger partial charge in [-0.2, -0.15) is 4.37 Å². The van der Waals surface area contributed by atoms with Gasteiger partial charge in [0.2, 0.25) is 0 Å². The Bertz CT molecular complexity index is 869. The lowest BCUT2D eigenvalue weighted by Gasteiger charge is -2.30. The number of carbonyl (C=O) groups is 2. The third-order valence-electron chi connectivity index (χ3n) is 4.57. The lowest BCUT2D eigenvalue weighted by Crippen LogP contribution is -2.40. The number of nitrogens with one attached hydrogen (secondary N) is 1. The van der Waals surface area contributed by atoms with Crippen molar-refractivity contribution in [2.24, 2.45) is 5.92 Å². The molecule has 0 unspecified atom stereocenters. The van der Waals surface area contributed by atoms with Crippen LogP contribution in [-0.2, 0) is 0 Å². The van der Waals surface area contributed by atoms with Crippen LogP contribution in [0.3, 0.4) is 0 Å².